The number of hydrogen-bond acceptors (Lipinski definition) is 6. The van der Waals surface area contributed by atoms with Crippen molar-refractivity contribution in [3.8, 4) is 22.7 Å². The molecule has 0 amide bonds. The minimum Gasteiger partial charge on any atom is -0.460 e. The molecule has 8 nitrogen and oxygen atoms in total. The predicted molar refractivity (Wildman–Crippen MR) is 142 cm³/mol. The van der Waals surface area contributed by atoms with Crippen LogP contribution >= 0.6 is 0 Å². The number of aryl methyl sites for hydroxylation is 2. The van der Waals surface area contributed by atoms with Crippen molar-refractivity contribution < 1.29 is 21.9 Å². The number of sulfone groups is 1. The minimum atomic E-state index is -2.94. The summed E-state index contributed by atoms with van der Waals surface area (Å²) in [5.41, 5.74) is 3.64. The van der Waals surface area contributed by atoms with E-state index in [2.05, 4.69) is 34.8 Å². The third-order valence-electron chi connectivity index (χ3n) is 7.35. The monoisotopic (exact) mass is 543 g/mol. The van der Waals surface area contributed by atoms with Gasteiger partial charge in [0.05, 0.1) is 29.1 Å². The second-order valence-corrected chi connectivity index (χ2v) is 12.6. The van der Waals surface area contributed by atoms with Crippen LogP contribution in [0.25, 0.3) is 28.0 Å². The second kappa shape index (κ2) is 10.1. The number of hydrogen-bond donors (Lipinski definition) is 0. The molecule has 202 valence electrons. The first-order chi connectivity index (χ1) is 18.1. The summed E-state index contributed by atoms with van der Waals surface area (Å²) in [6.45, 7) is 4.31. The maximum atomic E-state index is 14.4. The lowest BCUT2D eigenvalue weighted by molar-refractivity contribution is 0.123. The summed E-state index contributed by atoms with van der Waals surface area (Å²) < 4.78 is 59.1. The second-order valence-electron chi connectivity index (χ2n) is 10.3. The Balaban J connectivity index is 1.48. The van der Waals surface area contributed by atoms with Crippen molar-refractivity contribution in [3.63, 3.8) is 0 Å². The van der Waals surface area contributed by atoms with Crippen molar-refractivity contribution in [1.82, 2.24) is 24.2 Å². The van der Waals surface area contributed by atoms with Crippen molar-refractivity contribution >= 4 is 20.9 Å². The standard InChI is InChI=1S/C27H31F2N5O3S/c1-27(2,33-10-12-38(35,36)13-11-33)9-8-20-16-34(21-15-30-32(3)17-21)26-22(20)5-6-24(31-26)19-4-7-25(37-18-28)23(29)14-19/h4-7,14-17H,8-13,18H2,1-3H3. The maximum Gasteiger partial charge on any atom is 0.228 e. The molecule has 0 bridgehead atoms. The van der Waals surface area contributed by atoms with Gasteiger partial charge in [-0.15, -0.1) is 0 Å². The van der Waals surface area contributed by atoms with Gasteiger partial charge >= 0.3 is 0 Å². The fraction of sp³-hybridized carbons (Fsp3) is 0.407. The highest BCUT2D eigenvalue weighted by atomic mass is 32.2. The number of halogens is 2. The average Bonchev–Trinajstić information content (AvgIpc) is 3.46. The van der Waals surface area contributed by atoms with E-state index >= 15 is 0 Å². The molecule has 1 aliphatic rings. The van der Waals surface area contributed by atoms with Crippen LogP contribution in [0.1, 0.15) is 25.8 Å². The van der Waals surface area contributed by atoms with Crippen LogP contribution in [0, 0.1) is 5.82 Å². The van der Waals surface area contributed by atoms with E-state index in [1.54, 1.807) is 16.9 Å². The van der Waals surface area contributed by atoms with Gasteiger partial charge in [0.15, 0.2) is 21.4 Å². The quantitative estimate of drug-likeness (QED) is 0.329. The van der Waals surface area contributed by atoms with Gasteiger partial charge in [0, 0.05) is 49.0 Å². The van der Waals surface area contributed by atoms with Crippen LogP contribution < -0.4 is 4.74 Å². The third kappa shape index (κ3) is 5.30. The molecule has 0 aliphatic carbocycles. The predicted octanol–water partition coefficient (Wildman–Crippen LogP) is 4.31. The molecule has 38 heavy (non-hydrogen) atoms. The van der Waals surface area contributed by atoms with Crippen LogP contribution in [-0.2, 0) is 23.3 Å². The molecular formula is C27H31F2N5O3S. The first-order valence-electron chi connectivity index (χ1n) is 12.5. The average molecular weight is 544 g/mol. The van der Waals surface area contributed by atoms with Crippen molar-refractivity contribution in [2.45, 2.75) is 32.2 Å². The first-order valence-corrected chi connectivity index (χ1v) is 14.3. The van der Waals surface area contributed by atoms with E-state index in [0.29, 0.717) is 24.3 Å². The molecule has 0 unspecified atom stereocenters. The smallest absolute Gasteiger partial charge is 0.228 e. The van der Waals surface area contributed by atoms with E-state index in [1.165, 1.54) is 12.1 Å². The molecule has 1 aromatic carbocycles. The Bertz CT molecular complexity index is 1560. The summed E-state index contributed by atoms with van der Waals surface area (Å²) in [4.78, 5) is 7.15. The molecule has 1 aliphatic heterocycles. The van der Waals surface area contributed by atoms with Gasteiger partial charge in [-0.05, 0) is 62.6 Å². The van der Waals surface area contributed by atoms with Crippen LogP contribution in [0.5, 0.6) is 5.75 Å². The Labute approximate surface area is 220 Å². The number of nitrogens with zero attached hydrogens (tertiary/aromatic N) is 5. The fourth-order valence-corrected chi connectivity index (χ4v) is 6.21. The summed E-state index contributed by atoms with van der Waals surface area (Å²) in [5.74, 6) is -0.402. The van der Waals surface area contributed by atoms with E-state index in [-0.39, 0.29) is 22.8 Å². The molecule has 0 spiro atoms. The fourth-order valence-electron chi connectivity index (χ4n) is 5.01. The van der Waals surface area contributed by atoms with Gasteiger partial charge in [-0.1, -0.05) is 0 Å². The van der Waals surface area contributed by atoms with E-state index in [4.69, 9.17) is 4.98 Å². The molecule has 0 N–H and O–H groups in total. The normalized spacial score (nSPS) is 16.2. The van der Waals surface area contributed by atoms with E-state index in [1.807, 2.05) is 29.9 Å². The molecule has 11 heteroatoms. The van der Waals surface area contributed by atoms with Gasteiger partial charge in [-0.2, -0.15) is 5.10 Å². The number of alkyl halides is 1. The summed E-state index contributed by atoms with van der Waals surface area (Å²) in [6.07, 6.45) is 7.33. The number of ether oxygens (including phenoxy) is 1. The summed E-state index contributed by atoms with van der Waals surface area (Å²) in [7, 11) is -1.09. The van der Waals surface area contributed by atoms with Crippen molar-refractivity contribution in [3.05, 3.63) is 60.3 Å². The highest BCUT2D eigenvalue weighted by Gasteiger charge is 2.32. The van der Waals surface area contributed by atoms with Crippen molar-refractivity contribution in [2.75, 3.05) is 31.5 Å². The highest BCUT2D eigenvalue weighted by Crippen LogP contribution is 2.31. The van der Waals surface area contributed by atoms with Gasteiger partial charge in [0.1, 0.15) is 5.65 Å². The third-order valence-corrected chi connectivity index (χ3v) is 8.96. The van der Waals surface area contributed by atoms with Crippen molar-refractivity contribution in [1.29, 1.82) is 0 Å². The van der Waals surface area contributed by atoms with Crippen LogP contribution in [0.4, 0.5) is 8.78 Å². The Morgan fingerprint density at radius 1 is 1.11 bits per heavy atom. The molecule has 5 rings (SSSR count). The Morgan fingerprint density at radius 3 is 2.53 bits per heavy atom. The number of fused-ring (bicyclic) bond motifs is 1. The van der Waals surface area contributed by atoms with Gasteiger partial charge in [0.2, 0.25) is 6.86 Å². The van der Waals surface area contributed by atoms with E-state index in [9.17, 15) is 17.2 Å². The number of benzene rings is 1. The van der Waals surface area contributed by atoms with Crippen LogP contribution in [0.15, 0.2) is 48.9 Å². The molecule has 4 heterocycles. The zero-order valence-corrected chi connectivity index (χ0v) is 22.5. The number of pyridine rings is 1. The molecule has 4 aromatic rings. The molecular weight excluding hydrogens is 512 g/mol. The van der Waals surface area contributed by atoms with Gasteiger partial charge in [-0.25, -0.2) is 22.2 Å². The first kappa shape index (κ1) is 26.3. The summed E-state index contributed by atoms with van der Waals surface area (Å²) in [6, 6.07) is 8.19. The van der Waals surface area contributed by atoms with E-state index < -0.39 is 22.5 Å². The topological polar surface area (TPSA) is 82.2 Å². The van der Waals surface area contributed by atoms with Crippen molar-refractivity contribution in [2.24, 2.45) is 7.05 Å². The summed E-state index contributed by atoms with van der Waals surface area (Å²) >= 11 is 0. The SMILES string of the molecule is Cn1cc(-n2cc(CCC(C)(C)N3CCS(=O)(=O)CC3)c3ccc(-c4ccc(OCF)c(F)c4)nc32)cn1. The molecule has 0 saturated carbocycles. The molecule has 0 radical (unpaired) electrons. The lowest BCUT2D eigenvalue weighted by atomic mass is 9.93. The molecule has 1 saturated heterocycles. The van der Waals surface area contributed by atoms with Crippen LogP contribution in [0.2, 0.25) is 0 Å². The largest absolute Gasteiger partial charge is 0.460 e. The van der Waals surface area contributed by atoms with Crippen LogP contribution in [0.3, 0.4) is 0 Å². The number of aromatic nitrogens is 4. The van der Waals surface area contributed by atoms with Gasteiger partial charge < -0.3 is 4.74 Å². The van der Waals surface area contributed by atoms with Crippen LogP contribution in [-0.4, -0.2) is 69.6 Å². The van der Waals surface area contributed by atoms with E-state index in [0.717, 1.165) is 35.1 Å². The lowest BCUT2D eigenvalue weighted by Gasteiger charge is -2.41. The zero-order chi connectivity index (χ0) is 27.1. The highest BCUT2D eigenvalue weighted by molar-refractivity contribution is 7.91. The van der Waals surface area contributed by atoms with Gasteiger partial charge in [-0.3, -0.25) is 14.1 Å². The molecule has 1 fully saturated rings. The molecule has 3 aromatic heterocycles. The molecule has 0 atom stereocenters. The maximum absolute atomic E-state index is 14.4. The minimum absolute atomic E-state index is 0.146. The number of rotatable bonds is 8. The Morgan fingerprint density at radius 2 is 1.87 bits per heavy atom. The Hall–Kier alpha value is -3.31. The summed E-state index contributed by atoms with van der Waals surface area (Å²) in [5, 5.41) is 5.28. The zero-order valence-electron chi connectivity index (χ0n) is 21.7. The Kier molecular flexibility index (Phi) is 6.99. The lowest BCUT2D eigenvalue weighted by Crippen LogP contribution is -2.51. The van der Waals surface area contributed by atoms with Gasteiger partial charge in [0.25, 0.3) is 0 Å².